The van der Waals surface area contributed by atoms with E-state index < -0.39 is 0 Å². The first kappa shape index (κ1) is 14.0. The minimum Gasteiger partial charge on any atom is -0.361 e. The van der Waals surface area contributed by atoms with Crippen LogP contribution in [0.3, 0.4) is 0 Å². The number of carbonyl (C=O) groups is 1. The molecule has 7 nitrogen and oxygen atoms in total. The van der Waals surface area contributed by atoms with Crippen molar-refractivity contribution < 1.29 is 4.79 Å². The second kappa shape index (κ2) is 5.44. The number of rotatable bonds is 3. The molecule has 8 heteroatoms. The lowest BCUT2D eigenvalue weighted by molar-refractivity contribution is 0.0494. The normalized spacial score (nSPS) is 14.9. The quantitative estimate of drug-likeness (QED) is 0.831. The van der Waals surface area contributed by atoms with Gasteiger partial charge in [0.15, 0.2) is 11.5 Å². The van der Waals surface area contributed by atoms with Crippen LogP contribution >= 0.6 is 15.9 Å². The minimum absolute atomic E-state index is 0.0877. The molecule has 3 heterocycles. The van der Waals surface area contributed by atoms with Crippen molar-refractivity contribution in [3.8, 4) is 0 Å². The first-order valence-electron chi connectivity index (χ1n) is 6.54. The van der Waals surface area contributed by atoms with Gasteiger partial charge in [-0.05, 0) is 28.1 Å². The molecular weight excluding hydrogens is 336 g/mol. The van der Waals surface area contributed by atoms with Crippen LogP contribution in [0.4, 0.5) is 5.82 Å². The lowest BCUT2D eigenvalue weighted by Crippen LogP contribution is -2.51. The third kappa shape index (κ3) is 2.76. The number of anilines is 1. The van der Waals surface area contributed by atoms with Crippen LogP contribution in [-0.2, 0) is 0 Å². The van der Waals surface area contributed by atoms with Gasteiger partial charge in [-0.1, -0.05) is 0 Å². The number of halogens is 1. The van der Waals surface area contributed by atoms with Gasteiger partial charge in [-0.25, -0.2) is 0 Å². The van der Waals surface area contributed by atoms with Crippen molar-refractivity contribution in [2.24, 2.45) is 0 Å². The summed E-state index contributed by atoms with van der Waals surface area (Å²) in [5, 5.41) is 12.3. The molecule has 2 aromatic heterocycles. The zero-order valence-electron chi connectivity index (χ0n) is 11.8. The van der Waals surface area contributed by atoms with E-state index in [9.17, 15) is 4.79 Å². The van der Waals surface area contributed by atoms with E-state index >= 15 is 0 Å². The lowest BCUT2D eigenvalue weighted by atomic mass is 10.1. The highest BCUT2D eigenvalue weighted by atomic mass is 79.9. The van der Waals surface area contributed by atoms with Crippen LogP contribution in [0.1, 0.15) is 16.5 Å². The number of carbonyl (C=O) groups excluding carboxylic acids is 1. The largest absolute Gasteiger partial charge is 0.361 e. The van der Waals surface area contributed by atoms with E-state index in [1.165, 1.54) is 0 Å². The second-order valence-corrected chi connectivity index (χ2v) is 6.09. The molecule has 1 aliphatic rings. The van der Waals surface area contributed by atoms with Gasteiger partial charge < -0.3 is 9.80 Å². The second-order valence-electron chi connectivity index (χ2n) is 5.17. The van der Waals surface area contributed by atoms with E-state index in [1.54, 1.807) is 23.2 Å². The number of likely N-dealkylation sites (tertiary alicyclic amines) is 1. The maximum atomic E-state index is 12.3. The molecule has 0 bridgehead atoms. The van der Waals surface area contributed by atoms with Gasteiger partial charge in [-0.15, -0.1) is 10.2 Å². The van der Waals surface area contributed by atoms with Gasteiger partial charge in [0.1, 0.15) is 0 Å². The maximum absolute atomic E-state index is 12.3. The third-order valence-electron chi connectivity index (χ3n) is 3.42. The molecule has 1 saturated heterocycles. The number of amides is 1. The first-order valence-corrected chi connectivity index (χ1v) is 7.34. The van der Waals surface area contributed by atoms with Gasteiger partial charge >= 0.3 is 0 Å². The molecular formula is C13H15BrN6O. The van der Waals surface area contributed by atoms with E-state index in [1.807, 2.05) is 29.9 Å². The van der Waals surface area contributed by atoms with Gasteiger partial charge in [0.05, 0.1) is 16.7 Å². The molecule has 0 saturated carbocycles. The fraction of sp³-hybridized carbons (Fsp3) is 0.385. The van der Waals surface area contributed by atoms with Crippen molar-refractivity contribution in [2.45, 2.75) is 6.04 Å². The van der Waals surface area contributed by atoms with Crippen molar-refractivity contribution in [1.82, 2.24) is 24.9 Å². The van der Waals surface area contributed by atoms with E-state index in [-0.39, 0.29) is 11.9 Å². The smallest absolute Gasteiger partial charge is 0.274 e. The summed E-state index contributed by atoms with van der Waals surface area (Å²) >= 11 is 3.37. The summed E-state index contributed by atoms with van der Waals surface area (Å²) in [4.78, 5) is 15.9. The molecule has 2 aromatic rings. The molecule has 1 aliphatic heterocycles. The summed E-state index contributed by atoms with van der Waals surface area (Å²) in [5.74, 6) is 0.643. The van der Waals surface area contributed by atoms with E-state index in [0.29, 0.717) is 18.8 Å². The van der Waals surface area contributed by atoms with Crippen molar-refractivity contribution in [2.75, 3.05) is 32.1 Å². The Morgan fingerprint density at radius 3 is 2.62 bits per heavy atom. The summed E-state index contributed by atoms with van der Waals surface area (Å²) in [6, 6.07) is 3.74. The van der Waals surface area contributed by atoms with Crippen LogP contribution < -0.4 is 4.90 Å². The predicted octanol–water partition coefficient (Wildman–Crippen LogP) is 1.20. The molecule has 0 aliphatic carbocycles. The van der Waals surface area contributed by atoms with Crippen LogP contribution in [-0.4, -0.2) is 58.0 Å². The van der Waals surface area contributed by atoms with Crippen molar-refractivity contribution in [1.29, 1.82) is 0 Å². The highest BCUT2D eigenvalue weighted by molar-refractivity contribution is 9.10. The Hall–Kier alpha value is -1.96. The van der Waals surface area contributed by atoms with Gasteiger partial charge in [0, 0.05) is 33.4 Å². The summed E-state index contributed by atoms with van der Waals surface area (Å²) in [5.41, 5.74) is 0.376. The average molecular weight is 351 g/mol. The molecule has 3 rings (SSSR count). The van der Waals surface area contributed by atoms with Crippen LogP contribution in [0.25, 0.3) is 0 Å². The molecule has 0 unspecified atom stereocenters. The number of aromatic nitrogens is 4. The standard InChI is InChI=1S/C13H15BrN6O/c1-18(2)12-4-3-11(16-17-12)13(21)19-7-10(8-19)20-6-9(14)5-15-20/h3-6,10H,7-8H2,1-2H3. The molecule has 0 spiro atoms. The zero-order chi connectivity index (χ0) is 15.0. The first-order chi connectivity index (χ1) is 10.0. The van der Waals surface area contributed by atoms with Crippen molar-refractivity contribution in [3.63, 3.8) is 0 Å². The summed E-state index contributed by atoms with van der Waals surface area (Å²) in [6.45, 7) is 1.29. The van der Waals surface area contributed by atoms with Gasteiger partial charge in [0.2, 0.25) is 0 Å². The van der Waals surface area contributed by atoms with Crippen molar-refractivity contribution >= 4 is 27.7 Å². The maximum Gasteiger partial charge on any atom is 0.274 e. The van der Waals surface area contributed by atoms with Crippen LogP contribution in [0.5, 0.6) is 0 Å². The van der Waals surface area contributed by atoms with E-state index in [4.69, 9.17) is 0 Å². The highest BCUT2D eigenvalue weighted by Crippen LogP contribution is 2.23. The van der Waals surface area contributed by atoms with Gasteiger partial charge in [-0.2, -0.15) is 5.10 Å². The highest BCUT2D eigenvalue weighted by Gasteiger charge is 2.33. The van der Waals surface area contributed by atoms with Gasteiger partial charge in [0.25, 0.3) is 5.91 Å². The van der Waals surface area contributed by atoms with E-state index in [2.05, 4.69) is 31.2 Å². The molecule has 1 fully saturated rings. The summed E-state index contributed by atoms with van der Waals surface area (Å²) < 4.78 is 2.81. The molecule has 1 amide bonds. The SMILES string of the molecule is CN(C)c1ccc(C(=O)N2CC(n3cc(Br)cn3)C2)nn1. The topological polar surface area (TPSA) is 67.2 Å². The Balaban J connectivity index is 1.62. The molecule has 110 valence electrons. The number of nitrogens with zero attached hydrogens (tertiary/aromatic N) is 6. The van der Waals surface area contributed by atoms with Gasteiger partial charge in [-0.3, -0.25) is 9.48 Å². The fourth-order valence-corrected chi connectivity index (χ4v) is 2.44. The zero-order valence-corrected chi connectivity index (χ0v) is 13.4. The summed E-state index contributed by atoms with van der Waals surface area (Å²) in [6.07, 6.45) is 3.66. The molecule has 0 atom stereocenters. The Bertz CT molecular complexity index is 647. The summed E-state index contributed by atoms with van der Waals surface area (Å²) in [7, 11) is 3.77. The Kier molecular flexibility index (Phi) is 3.62. The van der Waals surface area contributed by atoms with Crippen LogP contribution in [0.2, 0.25) is 0 Å². The third-order valence-corrected chi connectivity index (χ3v) is 3.83. The lowest BCUT2D eigenvalue weighted by Gasteiger charge is -2.38. The molecule has 0 aromatic carbocycles. The average Bonchev–Trinajstić information content (AvgIpc) is 2.83. The van der Waals surface area contributed by atoms with Crippen LogP contribution in [0, 0.1) is 0 Å². The number of hydrogen-bond acceptors (Lipinski definition) is 5. The van der Waals surface area contributed by atoms with Crippen molar-refractivity contribution in [3.05, 3.63) is 34.7 Å². The van der Waals surface area contributed by atoms with E-state index in [0.717, 1.165) is 10.3 Å². The van der Waals surface area contributed by atoms with Crippen LogP contribution in [0.15, 0.2) is 29.0 Å². The molecule has 21 heavy (non-hydrogen) atoms. The Morgan fingerprint density at radius 1 is 1.33 bits per heavy atom. The fourth-order valence-electron chi connectivity index (χ4n) is 2.14. The molecule has 0 N–H and O–H groups in total. The number of hydrogen-bond donors (Lipinski definition) is 0. The molecule has 0 radical (unpaired) electrons. The predicted molar refractivity (Wildman–Crippen MR) is 81.2 cm³/mol. The monoisotopic (exact) mass is 350 g/mol. The minimum atomic E-state index is -0.0877. The Morgan fingerprint density at radius 2 is 2.10 bits per heavy atom. The Labute approximate surface area is 130 Å².